The lowest BCUT2D eigenvalue weighted by atomic mass is 10.1. The van der Waals surface area contributed by atoms with Gasteiger partial charge in [-0.05, 0) is 37.5 Å². The van der Waals surface area contributed by atoms with E-state index in [0.29, 0.717) is 5.95 Å². The molecule has 1 unspecified atom stereocenters. The van der Waals surface area contributed by atoms with Crippen LogP contribution < -0.4 is 10.6 Å². The molecule has 0 bridgehead atoms. The Kier molecular flexibility index (Phi) is 5.24. The smallest absolute Gasteiger partial charge is 0.224 e. The van der Waals surface area contributed by atoms with E-state index < -0.39 is 0 Å². The molecule has 2 aromatic carbocycles. The van der Waals surface area contributed by atoms with Crippen molar-refractivity contribution in [2.24, 2.45) is 0 Å². The maximum atomic E-state index is 4.64. The van der Waals surface area contributed by atoms with Gasteiger partial charge in [0.15, 0.2) is 0 Å². The third-order valence-electron chi connectivity index (χ3n) is 4.87. The van der Waals surface area contributed by atoms with Crippen LogP contribution in [0.2, 0.25) is 0 Å². The third-order valence-corrected chi connectivity index (χ3v) is 4.87. The molecule has 3 N–H and O–H groups in total. The highest BCUT2D eigenvalue weighted by Crippen LogP contribution is 2.20. The van der Waals surface area contributed by atoms with Crippen LogP contribution >= 0.6 is 0 Å². The van der Waals surface area contributed by atoms with Crippen LogP contribution in [0, 0.1) is 6.92 Å². The quantitative estimate of drug-likeness (QED) is 0.423. The minimum Gasteiger partial charge on any atom is -0.363 e. The van der Waals surface area contributed by atoms with E-state index in [2.05, 4.69) is 81.2 Å². The van der Waals surface area contributed by atoms with Crippen LogP contribution in [0.1, 0.15) is 29.8 Å². The zero-order chi connectivity index (χ0) is 19.3. The molecule has 1 atom stereocenters. The maximum absolute atomic E-state index is 4.64. The molecule has 0 spiro atoms. The number of anilines is 2. The molecular formula is C23H25N5. The van der Waals surface area contributed by atoms with Gasteiger partial charge in [0.2, 0.25) is 5.95 Å². The van der Waals surface area contributed by atoms with Crippen LogP contribution in [0.3, 0.4) is 0 Å². The Bertz CT molecular complexity index is 1050. The average molecular weight is 371 g/mol. The van der Waals surface area contributed by atoms with Gasteiger partial charge < -0.3 is 15.6 Å². The van der Waals surface area contributed by atoms with E-state index in [1.807, 2.05) is 25.1 Å². The molecule has 0 aliphatic heterocycles. The first kappa shape index (κ1) is 18.0. The molecule has 5 nitrogen and oxygen atoms in total. The first-order valence-corrected chi connectivity index (χ1v) is 9.65. The summed E-state index contributed by atoms with van der Waals surface area (Å²) >= 11 is 0. The van der Waals surface area contributed by atoms with Crippen LogP contribution in [0.4, 0.5) is 11.8 Å². The highest BCUT2D eigenvalue weighted by molar-refractivity contribution is 5.83. The Morgan fingerprint density at radius 2 is 1.79 bits per heavy atom. The lowest BCUT2D eigenvalue weighted by molar-refractivity contribution is 0.868. The number of aromatic nitrogens is 3. The molecule has 5 heteroatoms. The first-order chi connectivity index (χ1) is 13.7. The lowest BCUT2D eigenvalue weighted by Crippen LogP contribution is -2.12. The first-order valence-electron chi connectivity index (χ1n) is 9.65. The highest BCUT2D eigenvalue weighted by Gasteiger charge is 2.08. The molecule has 4 rings (SSSR count). The molecule has 142 valence electrons. The van der Waals surface area contributed by atoms with Crippen molar-refractivity contribution in [1.82, 2.24) is 15.0 Å². The molecule has 0 aliphatic carbocycles. The fraction of sp³-hybridized carbons (Fsp3) is 0.217. The number of hydrogen-bond donors (Lipinski definition) is 3. The van der Waals surface area contributed by atoms with Gasteiger partial charge in [-0.3, -0.25) is 0 Å². The minimum atomic E-state index is 0.176. The SMILES string of the molecule is Cc1cc(NC(C)c2ccccc2)nc(NCCc2c[nH]c3ccccc23)n1. The van der Waals surface area contributed by atoms with Gasteiger partial charge in [-0.15, -0.1) is 0 Å². The van der Waals surface area contributed by atoms with Crippen LogP contribution in [0.25, 0.3) is 10.9 Å². The molecule has 0 saturated heterocycles. The van der Waals surface area contributed by atoms with Gasteiger partial charge in [0.25, 0.3) is 0 Å². The number of nitrogens with zero attached hydrogens (tertiary/aromatic N) is 2. The van der Waals surface area contributed by atoms with Gasteiger partial charge in [-0.1, -0.05) is 48.5 Å². The van der Waals surface area contributed by atoms with Crippen molar-refractivity contribution < 1.29 is 0 Å². The summed E-state index contributed by atoms with van der Waals surface area (Å²) < 4.78 is 0. The topological polar surface area (TPSA) is 65.6 Å². The van der Waals surface area contributed by atoms with Gasteiger partial charge in [0.1, 0.15) is 5.82 Å². The molecular weight excluding hydrogens is 346 g/mol. The Morgan fingerprint density at radius 3 is 2.64 bits per heavy atom. The molecule has 2 aromatic heterocycles. The summed E-state index contributed by atoms with van der Waals surface area (Å²) in [6.45, 7) is 4.90. The van der Waals surface area contributed by atoms with Gasteiger partial charge >= 0.3 is 0 Å². The molecule has 0 radical (unpaired) electrons. The normalized spacial score (nSPS) is 12.1. The Hall–Kier alpha value is -3.34. The van der Waals surface area contributed by atoms with Gasteiger partial charge in [0.05, 0.1) is 0 Å². The summed E-state index contributed by atoms with van der Waals surface area (Å²) in [5.41, 5.74) is 4.64. The van der Waals surface area contributed by atoms with E-state index >= 15 is 0 Å². The second-order valence-electron chi connectivity index (χ2n) is 7.03. The summed E-state index contributed by atoms with van der Waals surface area (Å²) in [5, 5.41) is 8.11. The van der Waals surface area contributed by atoms with Gasteiger partial charge in [0, 0.05) is 41.4 Å². The van der Waals surface area contributed by atoms with E-state index in [9.17, 15) is 0 Å². The number of aryl methyl sites for hydroxylation is 1. The van der Waals surface area contributed by atoms with Crippen LogP contribution in [-0.2, 0) is 6.42 Å². The number of H-pyrrole nitrogens is 1. The maximum Gasteiger partial charge on any atom is 0.224 e. The molecule has 0 saturated carbocycles. The predicted octanol–water partition coefficient (Wildman–Crippen LogP) is 5.09. The largest absolute Gasteiger partial charge is 0.363 e. The molecule has 4 aromatic rings. The standard InChI is InChI=1S/C23H25N5/c1-16-14-22(27-17(2)18-8-4-3-5-9-18)28-23(26-16)24-13-12-19-15-25-21-11-7-6-10-20(19)21/h3-11,14-15,17,25H,12-13H2,1-2H3,(H2,24,26,27,28). The van der Waals surface area contributed by atoms with Crippen molar-refractivity contribution in [3.05, 3.63) is 83.7 Å². The highest BCUT2D eigenvalue weighted by atomic mass is 15.1. The Labute approximate surface area is 165 Å². The fourth-order valence-corrected chi connectivity index (χ4v) is 3.42. The van der Waals surface area contributed by atoms with Gasteiger partial charge in [-0.25, -0.2) is 4.98 Å². The van der Waals surface area contributed by atoms with E-state index in [1.54, 1.807) is 0 Å². The molecule has 0 amide bonds. The van der Waals surface area contributed by atoms with Gasteiger partial charge in [-0.2, -0.15) is 4.98 Å². The minimum absolute atomic E-state index is 0.176. The predicted molar refractivity (Wildman–Crippen MR) is 116 cm³/mol. The summed E-state index contributed by atoms with van der Waals surface area (Å²) in [5.74, 6) is 1.49. The summed E-state index contributed by atoms with van der Waals surface area (Å²) in [4.78, 5) is 12.5. The molecule has 2 heterocycles. The van der Waals surface area contributed by atoms with Crippen molar-refractivity contribution in [2.75, 3.05) is 17.2 Å². The van der Waals surface area contributed by atoms with Crippen molar-refractivity contribution in [1.29, 1.82) is 0 Å². The summed E-state index contributed by atoms with van der Waals surface area (Å²) in [7, 11) is 0. The summed E-state index contributed by atoms with van der Waals surface area (Å²) in [6.07, 6.45) is 2.99. The molecule has 28 heavy (non-hydrogen) atoms. The van der Waals surface area contributed by atoms with E-state index in [-0.39, 0.29) is 6.04 Å². The summed E-state index contributed by atoms with van der Waals surface area (Å²) in [6, 6.07) is 20.9. The van der Waals surface area contributed by atoms with E-state index in [0.717, 1.165) is 24.5 Å². The number of hydrogen-bond acceptors (Lipinski definition) is 4. The van der Waals surface area contributed by atoms with Crippen LogP contribution in [0.5, 0.6) is 0 Å². The number of para-hydroxylation sites is 1. The number of fused-ring (bicyclic) bond motifs is 1. The van der Waals surface area contributed by atoms with Crippen molar-refractivity contribution in [2.45, 2.75) is 26.3 Å². The number of aromatic amines is 1. The molecule has 0 aliphatic rings. The van der Waals surface area contributed by atoms with Crippen molar-refractivity contribution in [3.63, 3.8) is 0 Å². The van der Waals surface area contributed by atoms with E-state index in [1.165, 1.54) is 22.0 Å². The Morgan fingerprint density at radius 1 is 1.00 bits per heavy atom. The number of benzene rings is 2. The number of nitrogens with one attached hydrogen (secondary N) is 3. The zero-order valence-electron chi connectivity index (χ0n) is 16.2. The lowest BCUT2D eigenvalue weighted by Gasteiger charge is -2.16. The van der Waals surface area contributed by atoms with Crippen molar-refractivity contribution in [3.8, 4) is 0 Å². The van der Waals surface area contributed by atoms with E-state index in [4.69, 9.17) is 0 Å². The second kappa shape index (κ2) is 8.13. The number of rotatable bonds is 7. The monoisotopic (exact) mass is 371 g/mol. The second-order valence-corrected chi connectivity index (χ2v) is 7.03. The molecule has 0 fully saturated rings. The fourth-order valence-electron chi connectivity index (χ4n) is 3.42. The van der Waals surface area contributed by atoms with Crippen molar-refractivity contribution >= 4 is 22.7 Å². The average Bonchev–Trinajstić information content (AvgIpc) is 3.11. The van der Waals surface area contributed by atoms with Crippen LogP contribution in [0.15, 0.2) is 66.9 Å². The third kappa shape index (κ3) is 4.14. The zero-order valence-corrected chi connectivity index (χ0v) is 16.2. The van der Waals surface area contributed by atoms with Crippen LogP contribution in [-0.4, -0.2) is 21.5 Å². The Balaban J connectivity index is 1.41.